The average Bonchev–Trinajstić information content (AvgIpc) is 3.00. The maximum Gasteiger partial charge on any atom is 0.185 e. The molecule has 2 aliphatic carbocycles. The third kappa shape index (κ3) is 5.24. The first kappa shape index (κ1) is 23.2. The molecule has 0 unspecified atom stereocenters. The number of benzene rings is 1. The Kier molecular flexibility index (Phi) is 7.59. The van der Waals surface area contributed by atoms with Gasteiger partial charge in [0.2, 0.25) is 0 Å². The molecule has 0 aliphatic heterocycles. The van der Waals surface area contributed by atoms with Gasteiger partial charge < -0.3 is 14.3 Å². The Hall–Kier alpha value is -1.43. The van der Waals surface area contributed by atoms with Crippen LogP contribution in [0.5, 0.6) is 5.75 Å². The summed E-state index contributed by atoms with van der Waals surface area (Å²) in [6, 6.07) is 6.16. The van der Waals surface area contributed by atoms with E-state index in [1.54, 1.807) is 7.11 Å². The van der Waals surface area contributed by atoms with Crippen LogP contribution in [-0.2, 0) is 15.6 Å². The fraction of sp³-hybridized carbons (Fsp3) is 0.640. The van der Waals surface area contributed by atoms with Crippen molar-refractivity contribution in [3.05, 3.63) is 40.5 Å². The predicted molar refractivity (Wildman–Crippen MR) is 123 cm³/mol. The minimum absolute atomic E-state index is 0.167. The largest absolute Gasteiger partial charge is 0.496 e. The molecular weight excluding hydrogens is 392 g/mol. The SMILES string of the molecule is CCCCC[C@H](O)CCC1=C2[C@H](CC1=O)Cc1c(OC)cccc1[C@H]2O[Si](C)(C)C. The Morgan fingerprint density at radius 2 is 1.93 bits per heavy atom. The number of ether oxygens (including phenoxy) is 1. The summed E-state index contributed by atoms with van der Waals surface area (Å²) in [5.41, 5.74) is 4.44. The standard InChI is InChI=1S/C25H38O4Si/c1-6-7-8-10-18(26)13-14-20-22(27)16-17-15-21-19(11-9-12-23(21)28-2)25(24(17)20)29-30(3,4)5/h9,11-12,17-18,25-26H,6-8,10,13-16H2,1-5H3/t17-,18-,25+/m0/s1. The van der Waals surface area contributed by atoms with Gasteiger partial charge in [0.1, 0.15) is 5.75 Å². The Balaban J connectivity index is 1.92. The van der Waals surface area contributed by atoms with E-state index in [4.69, 9.17) is 9.16 Å². The summed E-state index contributed by atoms with van der Waals surface area (Å²) in [7, 11) is -0.146. The second-order valence-corrected chi connectivity index (χ2v) is 14.2. The number of rotatable bonds is 10. The summed E-state index contributed by atoms with van der Waals surface area (Å²) in [6.07, 6.45) is 6.38. The van der Waals surface area contributed by atoms with Crippen LogP contribution in [-0.4, -0.2) is 32.4 Å². The zero-order valence-corrected chi connectivity index (χ0v) is 20.3. The average molecular weight is 431 g/mol. The third-order valence-corrected chi connectivity index (χ3v) is 7.24. The zero-order chi connectivity index (χ0) is 21.9. The molecule has 5 heteroatoms. The molecule has 30 heavy (non-hydrogen) atoms. The Labute approximate surface area is 182 Å². The van der Waals surface area contributed by atoms with Gasteiger partial charge in [-0.3, -0.25) is 4.79 Å². The van der Waals surface area contributed by atoms with Crippen LogP contribution in [0.15, 0.2) is 29.3 Å². The van der Waals surface area contributed by atoms with Gasteiger partial charge in [-0.2, -0.15) is 0 Å². The van der Waals surface area contributed by atoms with Crippen molar-refractivity contribution in [3.63, 3.8) is 0 Å². The normalized spacial score (nSPS) is 22.1. The topological polar surface area (TPSA) is 55.8 Å². The molecule has 0 radical (unpaired) electrons. The van der Waals surface area contributed by atoms with E-state index in [9.17, 15) is 9.90 Å². The van der Waals surface area contributed by atoms with Crippen LogP contribution >= 0.6 is 0 Å². The van der Waals surface area contributed by atoms with E-state index in [0.717, 1.165) is 49.0 Å². The molecule has 1 aromatic carbocycles. The van der Waals surface area contributed by atoms with Gasteiger partial charge in [-0.05, 0) is 74.0 Å². The first-order chi connectivity index (χ1) is 14.2. The van der Waals surface area contributed by atoms with E-state index in [2.05, 4.69) is 32.6 Å². The first-order valence-corrected chi connectivity index (χ1v) is 14.9. The van der Waals surface area contributed by atoms with Crippen LogP contribution in [0.1, 0.15) is 69.1 Å². The van der Waals surface area contributed by atoms with E-state index in [0.29, 0.717) is 19.3 Å². The summed E-state index contributed by atoms with van der Waals surface area (Å²) in [6.45, 7) is 8.77. The van der Waals surface area contributed by atoms with Crippen LogP contribution in [0, 0.1) is 5.92 Å². The zero-order valence-electron chi connectivity index (χ0n) is 19.3. The summed E-state index contributed by atoms with van der Waals surface area (Å²) in [5.74, 6) is 1.32. The van der Waals surface area contributed by atoms with Gasteiger partial charge in [0.05, 0.1) is 19.3 Å². The molecule has 1 N–H and O–H groups in total. The van der Waals surface area contributed by atoms with Gasteiger partial charge in [-0.15, -0.1) is 0 Å². The van der Waals surface area contributed by atoms with Gasteiger partial charge in [-0.25, -0.2) is 0 Å². The lowest BCUT2D eigenvalue weighted by atomic mass is 9.78. The van der Waals surface area contributed by atoms with Crippen molar-refractivity contribution in [2.75, 3.05) is 7.11 Å². The smallest absolute Gasteiger partial charge is 0.185 e. The number of aliphatic hydroxyl groups is 1. The molecule has 1 aromatic rings. The van der Waals surface area contributed by atoms with Crippen LogP contribution in [0.3, 0.4) is 0 Å². The summed E-state index contributed by atoms with van der Waals surface area (Å²) >= 11 is 0. The summed E-state index contributed by atoms with van der Waals surface area (Å²) in [4.78, 5) is 13.0. The van der Waals surface area contributed by atoms with Crippen molar-refractivity contribution in [1.82, 2.24) is 0 Å². The lowest BCUT2D eigenvalue weighted by Crippen LogP contribution is -2.33. The molecule has 0 fully saturated rings. The van der Waals surface area contributed by atoms with Crippen molar-refractivity contribution in [1.29, 1.82) is 0 Å². The van der Waals surface area contributed by atoms with Crippen LogP contribution in [0.25, 0.3) is 0 Å². The molecule has 0 spiro atoms. The molecule has 0 aromatic heterocycles. The molecule has 2 aliphatic rings. The molecular formula is C25H38O4Si. The van der Waals surface area contributed by atoms with Crippen molar-refractivity contribution < 1.29 is 19.1 Å². The van der Waals surface area contributed by atoms with Crippen LogP contribution in [0.2, 0.25) is 19.6 Å². The number of carbonyl (C=O) groups excluding carboxylic acids is 1. The van der Waals surface area contributed by atoms with E-state index in [-0.39, 0.29) is 23.9 Å². The number of Topliss-reactive ketones (excluding diaryl/α,β-unsaturated/α-hetero) is 1. The second kappa shape index (κ2) is 9.80. The van der Waals surface area contributed by atoms with E-state index in [1.807, 2.05) is 12.1 Å². The second-order valence-electron chi connectivity index (χ2n) is 9.79. The van der Waals surface area contributed by atoms with Crippen molar-refractivity contribution in [2.24, 2.45) is 5.92 Å². The minimum atomic E-state index is -1.85. The molecule has 166 valence electrons. The lowest BCUT2D eigenvalue weighted by molar-refractivity contribution is -0.115. The maximum absolute atomic E-state index is 13.0. The maximum atomic E-state index is 13.0. The van der Waals surface area contributed by atoms with Crippen molar-refractivity contribution >= 4 is 14.1 Å². The molecule has 0 heterocycles. The monoisotopic (exact) mass is 430 g/mol. The van der Waals surface area contributed by atoms with Gasteiger partial charge in [0.15, 0.2) is 14.1 Å². The van der Waals surface area contributed by atoms with Gasteiger partial charge in [0.25, 0.3) is 0 Å². The number of ketones is 1. The number of hydrogen-bond donors (Lipinski definition) is 1. The van der Waals surface area contributed by atoms with E-state index in [1.165, 1.54) is 11.1 Å². The van der Waals surface area contributed by atoms with Crippen molar-refractivity contribution in [2.45, 2.75) is 90.1 Å². The number of carbonyl (C=O) groups is 1. The molecule has 3 rings (SSSR count). The van der Waals surface area contributed by atoms with Crippen LogP contribution < -0.4 is 4.74 Å². The Morgan fingerprint density at radius 3 is 2.60 bits per heavy atom. The fourth-order valence-corrected chi connectivity index (χ4v) is 5.88. The molecule has 0 saturated carbocycles. The van der Waals surface area contributed by atoms with Gasteiger partial charge in [-0.1, -0.05) is 38.3 Å². The number of fused-ring (bicyclic) bond motifs is 2. The summed E-state index contributed by atoms with van der Waals surface area (Å²) < 4.78 is 12.3. The number of unbranched alkanes of at least 4 members (excludes halogenated alkanes) is 2. The Bertz CT molecular complexity index is 793. The third-order valence-electron chi connectivity index (χ3n) is 6.30. The number of methoxy groups -OCH3 is 1. The number of allylic oxidation sites excluding steroid dienone is 1. The van der Waals surface area contributed by atoms with E-state index < -0.39 is 8.32 Å². The van der Waals surface area contributed by atoms with Gasteiger partial charge in [0, 0.05) is 12.0 Å². The molecule has 3 atom stereocenters. The molecule has 0 bridgehead atoms. The fourth-order valence-electron chi connectivity index (χ4n) is 4.92. The minimum Gasteiger partial charge on any atom is -0.496 e. The van der Waals surface area contributed by atoms with E-state index >= 15 is 0 Å². The number of aliphatic hydroxyl groups excluding tert-OH is 1. The molecule has 0 saturated heterocycles. The summed E-state index contributed by atoms with van der Waals surface area (Å²) in [5, 5.41) is 10.4. The first-order valence-electron chi connectivity index (χ1n) is 11.5. The predicted octanol–water partition coefficient (Wildman–Crippen LogP) is 5.75. The van der Waals surface area contributed by atoms with Crippen LogP contribution in [0.4, 0.5) is 0 Å². The highest BCUT2D eigenvalue weighted by Gasteiger charge is 2.43. The lowest BCUT2D eigenvalue weighted by Gasteiger charge is -2.37. The van der Waals surface area contributed by atoms with Gasteiger partial charge >= 0.3 is 0 Å². The highest BCUT2D eigenvalue weighted by molar-refractivity contribution is 6.69. The quantitative estimate of drug-likeness (QED) is 0.379. The highest BCUT2D eigenvalue weighted by atomic mass is 28.4. The number of hydrogen-bond acceptors (Lipinski definition) is 4. The van der Waals surface area contributed by atoms with Crippen molar-refractivity contribution in [3.8, 4) is 5.75 Å². The Morgan fingerprint density at radius 1 is 1.17 bits per heavy atom. The molecule has 0 amide bonds. The highest BCUT2D eigenvalue weighted by Crippen LogP contribution is 2.50. The molecule has 4 nitrogen and oxygen atoms in total.